The van der Waals surface area contributed by atoms with Crippen molar-refractivity contribution in [2.75, 3.05) is 13.6 Å². The van der Waals surface area contributed by atoms with Gasteiger partial charge in [0, 0.05) is 18.1 Å². The topological polar surface area (TPSA) is 15.3 Å². The molecule has 17 heavy (non-hydrogen) atoms. The van der Waals surface area contributed by atoms with Gasteiger partial charge < -0.3 is 10.2 Å². The van der Waals surface area contributed by atoms with Crippen molar-refractivity contribution in [2.24, 2.45) is 11.8 Å². The molecule has 1 aliphatic carbocycles. The van der Waals surface area contributed by atoms with Gasteiger partial charge in [0.25, 0.3) is 0 Å². The molecule has 2 bridgehead atoms. The van der Waals surface area contributed by atoms with Gasteiger partial charge in [-0.25, -0.2) is 0 Å². The largest absolute Gasteiger partial charge is 0.314 e. The van der Waals surface area contributed by atoms with Crippen LogP contribution in [0.4, 0.5) is 0 Å². The Labute approximate surface area is 106 Å². The standard InChI is InChI=1S/C15H28N2/c1-11(7-12-3-4-12)16-10-13-8-14-5-6-15(9-13)17(14)2/h11-16H,3-10H2,1-2H3. The van der Waals surface area contributed by atoms with Crippen LogP contribution in [0.2, 0.25) is 0 Å². The molecule has 2 saturated heterocycles. The van der Waals surface area contributed by atoms with Crippen LogP contribution in [0.3, 0.4) is 0 Å². The monoisotopic (exact) mass is 236 g/mol. The van der Waals surface area contributed by atoms with Gasteiger partial charge >= 0.3 is 0 Å². The van der Waals surface area contributed by atoms with Gasteiger partial charge in [-0.1, -0.05) is 12.8 Å². The fraction of sp³-hybridized carbons (Fsp3) is 1.00. The van der Waals surface area contributed by atoms with Crippen molar-refractivity contribution in [3.8, 4) is 0 Å². The van der Waals surface area contributed by atoms with E-state index in [2.05, 4.69) is 24.2 Å². The van der Waals surface area contributed by atoms with E-state index in [0.717, 1.165) is 30.0 Å². The summed E-state index contributed by atoms with van der Waals surface area (Å²) in [5, 5.41) is 3.79. The lowest BCUT2D eigenvalue weighted by atomic mass is 9.91. The summed E-state index contributed by atoms with van der Waals surface area (Å²) >= 11 is 0. The summed E-state index contributed by atoms with van der Waals surface area (Å²) in [7, 11) is 2.34. The van der Waals surface area contributed by atoms with E-state index in [0.29, 0.717) is 0 Å². The molecule has 0 amide bonds. The number of nitrogens with zero attached hydrogens (tertiary/aromatic N) is 1. The van der Waals surface area contributed by atoms with Crippen LogP contribution in [0.25, 0.3) is 0 Å². The van der Waals surface area contributed by atoms with E-state index in [9.17, 15) is 0 Å². The predicted molar refractivity (Wildman–Crippen MR) is 72.1 cm³/mol. The van der Waals surface area contributed by atoms with Crippen LogP contribution >= 0.6 is 0 Å². The molecule has 2 nitrogen and oxygen atoms in total. The van der Waals surface area contributed by atoms with Crippen LogP contribution in [-0.4, -0.2) is 36.6 Å². The van der Waals surface area contributed by atoms with Crippen LogP contribution in [0.15, 0.2) is 0 Å². The summed E-state index contributed by atoms with van der Waals surface area (Å²) in [6, 6.07) is 2.55. The van der Waals surface area contributed by atoms with Gasteiger partial charge in [-0.15, -0.1) is 0 Å². The molecule has 0 aromatic rings. The lowest BCUT2D eigenvalue weighted by Crippen LogP contribution is -2.43. The Kier molecular flexibility index (Phi) is 3.45. The minimum atomic E-state index is 0.750. The Morgan fingerprint density at radius 2 is 1.71 bits per heavy atom. The molecule has 0 aromatic heterocycles. The minimum Gasteiger partial charge on any atom is -0.314 e. The van der Waals surface area contributed by atoms with Crippen molar-refractivity contribution in [3.05, 3.63) is 0 Å². The van der Waals surface area contributed by atoms with Gasteiger partial charge in [-0.3, -0.25) is 0 Å². The van der Waals surface area contributed by atoms with E-state index in [1.807, 2.05) is 0 Å². The van der Waals surface area contributed by atoms with Crippen molar-refractivity contribution in [1.82, 2.24) is 10.2 Å². The molecule has 3 rings (SSSR count). The first-order valence-electron chi connectivity index (χ1n) is 7.67. The van der Waals surface area contributed by atoms with E-state index in [1.165, 1.54) is 51.5 Å². The average Bonchev–Trinajstić information content (AvgIpc) is 3.07. The zero-order valence-corrected chi connectivity index (χ0v) is 11.5. The summed E-state index contributed by atoms with van der Waals surface area (Å²) in [6.07, 6.45) is 10.2. The van der Waals surface area contributed by atoms with Crippen LogP contribution in [0, 0.1) is 11.8 Å². The molecule has 0 spiro atoms. The van der Waals surface area contributed by atoms with E-state index in [1.54, 1.807) is 0 Å². The number of piperidine rings is 1. The highest BCUT2D eigenvalue weighted by Gasteiger charge is 2.38. The minimum absolute atomic E-state index is 0.750. The van der Waals surface area contributed by atoms with E-state index >= 15 is 0 Å². The summed E-state index contributed by atoms with van der Waals surface area (Å²) in [6.45, 7) is 3.65. The van der Waals surface area contributed by atoms with Crippen LogP contribution < -0.4 is 5.32 Å². The number of nitrogens with one attached hydrogen (secondary N) is 1. The number of hydrogen-bond acceptors (Lipinski definition) is 2. The normalized spacial score (nSPS) is 39.5. The van der Waals surface area contributed by atoms with Crippen molar-refractivity contribution in [3.63, 3.8) is 0 Å². The first-order chi connectivity index (χ1) is 8.22. The third-order valence-corrected chi connectivity index (χ3v) is 5.33. The molecule has 2 heterocycles. The summed E-state index contributed by atoms with van der Waals surface area (Å²) in [5.74, 6) is 2.01. The number of rotatable bonds is 5. The van der Waals surface area contributed by atoms with Crippen molar-refractivity contribution in [1.29, 1.82) is 0 Å². The fourth-order valence-corrected chi connectivity index (χ4v) is 4.00. The highest BCUT2D eigenvalue weighted by Crippen LogP contribution is 2.37. The molecule has 98 valence electrons. The molecular formula is C15H28N2. The van der Waals surface area contributed by atoms with Crippen LogP contribution in [-0.2, 0) is 0 Å². The Balaban J connectivity index is 1.40. The second-order valence-corrected chi connectivity index (χ2v) is 6.88. The van der Waals surface area contributed by atoms with E-state index in [4.69, 9.17) is 0 Å². The summed E-state index contributed by atoms with van der Waals surface area (Å²) in [5.41, 5.74) is 0. The Morgan fingerprint density at radius 3 is 2.29 bits per heavy atom. The highest BCUT2D eigenvalue weighted by molar-refractivity contribution is 4.94. The zero-order valence-electron chi connectivity index (χ0n) is 11.5. The van der Waals surface area contributed by atoms with Crippen molar-refractivity contribution < 1.29 is 0 Å². The maximum Gasteiger partial charge on any atom is 0.00988 e. The third-order valence-electron chi connectivity index (χ3n) is 5.33. The van der Waals surface area contributed by atoms with Crippen molar-refractivity contribution >= 4 is 0 Å². The molecule has 0 radical (unpaired) electrons. The second kappa shape index (κ2) is 4.89. The van der Waals surface area contributed by atoms with Gasteiger partial charge in [-0.2, -0.15) is 0 Å². The number of hydrogen-bond donors (Lipinski definition) is 1. The molecule has 1 N–H and O–H groups in total. The summed E-state index contributed by atoms with van der Waals surface area (Å²) < 4.78 is 0. The maximum absolute atomic E-state index is 3.79. The SMILES string of the molecule is CC(CC1CC1)NCC1CC2CCC(C1)N2C. The second-order valence-electron chi connectivity index (χ2n) is 6.88. The summed E-state index contributed by atoms with van der Waals surface area (Å²) in [4.78, 5) is 2.64. The molecule has 1 saturated carbocycles. The van der Waals surface area contributed by atoms with Crippen LogP contribution in [0.1, 0.15) is 51.9 Å². The Morgan fingerprint density at radius 1 is 1.06 bits per heavy atom. The van der Waals surface area contributed by atoms with Gasteiger partial charge in [0.2, 0.25) is 0 Å². The Hall–Kier alpha value is -0.0800. The molecule has 3 fully saturated rings. The van der Waals surface area contributed by atoms with Crippen molar-refractivity contribution in [2.45, 2.75) is 70.0 Å². The van der Waals surface area contributed by atoms with Gasteiger partial charge in [-0.05, 0) is 64.5 Å². The molecule has 3 atom stereocenters. The van der Waals surface area contributed by atoms with Gasteiger partial charge in [0.15, 0.2) is 0 Å². The van der Waals surface area contributed by atoms with Crippen LogP contribution in [0.5, 0.6) is 0 Å². The third kappa shape index (κ3) is 2.85. The predicted octanol–water partition coefficient (Wildman–Crippen LogP) is 2.64. The molecule has 3 unspecified atom stereocenters. The molecule has 3 aliphatic rings. The molecule has 2 aliphatic heterocycles. The van der Waals surface area contributed by atoms with Gasteiger partial charge in [0.1, 0.15) is 0 Å². The molecule has 0 aromatic carbocycles. The fourth-order valence-electron chi connectivity index (χ4n) is 4.00. The highest BCUT2D eigenvalue weighted by atomic mass is 15.2. The smallest absolute Gasteiger partial charge is 0.00988 e. The lowest BCUT2D eigenvalue weighted by Gasteiger charge is -2.36. The lowest BCUT2D eigenvalue weighted by molar-refractivity contribution is 0.131. The average molecular weight is 236 g/mol. The maximum atomic E-state index is 3.79. The first-order valence-corrected chi connectivity index (χ1v) is 7.67. The van der Waals surface area contributed by atoms with Gasteiger partial charge in [0.05, 0.1) is 0 Å². The van der Waals surface area contributed by atoms with E-state index in [-0.39, 0.29) is 0 Å². The molecular weight excluding hydrogens is 208 g/mol. The Bertz CT molecular complexity index is 248. The quantitative estimate of drug-likeness (QED) is 0.789. The first kappa shape index (κ1) is 12.0. The number of fused-ring (bicyclic) bond motifs is 2. The zero-order chi connectivity index (χ0) is 11.8. The van der Waals surface area contributed by atoms with E-state index < -0.39 is 0 Å². The molecule has 2 heteroatoms.